The summed E-state index contributed by atoms with van der Waals surface area (Å²) in [5, 5.41) is 0. The fourth-order valence-corrected chi connectivity index (χ4v) is 3.66. The van der Waals surface area contributed by atoms with Crippen LogP contribution in [0.4, 0.5) is 0 Å². The van der Waals surface area contributed by atoms with Crippen LogP contribution >= 0.6 is 0 Å². The van der Waals surface area contributed by atoms with E-state index in [9.17, 15) is 4.79 Å². The van der Waals surface area contributed by atoms with Crippen molar-refractivity contribution in [1.82, 2.24) is 4.98 Å². The van der Waals surface area contributed by atoms with Crippen LogP contribution in [0.1, 0.15) is 31.0 Å². The first-order chi connectivity index (χ1) is 8.51. The Morgan fingerprint density at radius 1 is 1.56 bits per heavy atom. The summed E-state index contributed by atoms with van der Waals surface area (Å²) in [4.78, 5) is 14.4. The number of nitrogens with two attached hydrogens (primary N) is 1. The van der Waals surface area contributed by atoms with E-state index in [4.69, 9.17) is 5.73 Å². The van der Waals surface area contributed by atoms with Gasteiger partial charge in [0.05, 0.1) is 0 Å². The summed E-state index contributed by atoms with van der Waals surface area (Å²) in [6, 6.07) is 3.53. The second kappa shape index (κ2) is 3.61. The number of pyridine rings is 1. The van der Waals surface area contributed by atoms with Crippen LogP contribution in [0.3, 0.4) is 0 Å². The molecule has 2 bridgehead atoms. The predicted octanol–water partition coefficient (Wildman–Crippen LogP) is 2.00. The second-order valence-corrected chi connectivity index (χ2v) is 5.68. The van der Waals surface area contributed by atoms with Crippen LogP contribution in [0.5, 0.6) is 0 Å². The third-order valence-corrected chi connectivity index (χ3v) is 4.31. The van der Waals surface area contributed by atoms with E-state index in [1.807, 2.05) is 6.07 Å². The minimum absolute atomic E-state index is 0.0350. The molecular formula is C15H18N2O. The first-order valence-corrected chi connectivity index (χ1v) is 6.36. The number of nitrogens with one attached hydrogen (secondary N) is 1. The second-order valence-electron chi connectivity index (χ2n) is 5.68. The van der Waals surface area contributed by atoms with E-state index in [2.05, 4.69) is 24.6 Å². The molecule has 2 atom stereocenters. The molecule has 1 aromatic rings. The number of rotatable bonds is 1. The first kappa shape index (κ1) is 11.3. The number of aromatic nitrogens is 1. The van der Waals surface area contributed by atoms with Gasteiger partial charge in [-0.1, -0.05) is 24.3 Å². The highest BCUT2D eigenvalue weighted by Crippen LogP contribution is 2.49. The standard InChI is InChI=1S/C15H18N2O/c1-9-5-11-6-13-12(3-4-14(18)17-13)15(7-9,8-11)10(2)16/h3-5,11H,2,6-8,16H2,1H3,(H,17,18)/t11-,15+/m0/s1. The zero-order valence-electron chi connectivity index (χ0n) is 10.6. The van der Waals surface area contributed by atoms with Gasteiger partial charge in [-0.2, -0.15) is 0 Å². The van der Waals surface area contributed by atoms with Crippen molar-refractivity contribution in [2.24, 2.45) is 11.7 Å². The van der Waals surface area contributed by atoms with Gasteiger partial charge in [-0.05, 0) is 37.7 Å². The molecule has 1 aromatic heterocycles. The summed E-state index contributed by atoms with van der Waals surface area (Å²) in [5.41, 5.74) is 10.2. The highest BCUT2D eigenvalue weighted by molar-refractivity contribution is 5.44. The summed E-state index contributed by atoms with van der Waals surface area (Å²) >= 11 is 0. The molecule has 1 heterocycles. The van der Waals surface area contributed by atoms with Crippen molar-refractivity contribution in [3.63, 3.8) is 0 Å². The Labute approximate surface area is 106 Å². The molecule has 0 aliphatic heterocycles. The SMILES string of the molecule is C=C(N)[C@]12CC(C)=C[C@@H](Cc3[nH]c(=O)ccc31)C2. The maximum Gasteiger partial charge on any atom is 0.248 e. The number of allylic oxidation sites excluding steroid dienone is 3. The van der Waals surface area contributed by atoms with Crippen LogP contribution in [-0.2, 0) is 11.8 Å². The van der Waals surface area contributed by atoms with Crippen molar-refractivity contribution in [1.29, 1.82) is 0 Å². The van der Waals surface area contributed by atoms with E-state index in [0.717, 1.165) is 25.0 Å². The molecular weight excluding hydrogens is 224 g/mol. The van der Waals surface area contributed by atoms with E-state index in [1.165, 1.54) is 11.1 Å². The van der Waals surface area contributed by atoms with Crippen molar-refractivity contribution in [2.75, 3.05) is 0 Å². The summed E-state index contributed by atoms with van der Waals surface area (Å²) in [6.45, 7) is 6.16. The summed E-state index contributed by atoms with van der Waals surface area (Å²) in [5.74, 6) is 0.463. The van der Waals surface area contributed by atoms with Gasteiger partial charge in [-0.25, -0.2) is 0 Å². The minimum atomic E-state index is -0.179. The van der Waals surface area contributed by atoms with Crippen molar-refractivity contribution >= 4 is 0 Å². The Hall–Kier alpha value is -1.77. The summed E-state index contributed by atoms with van der Waals surface area (Å²) in [7, 11) is 0. The number of H-pyrrole nitrogens is 1. The lowest BCUT2D eigenvalue weighted by atomic mass is 9.60. The van der Waals surface area contributed by atoms with Gasteiger partial charge in [0.2, 0.25) is 5.56 Å². The van der Waals surface area contributed by atoms with Crippen molar-refractivity contribution in [3.05, 3.63) is 57.7 Å². The molecule has 3 heteroatoms. The average Bonchev–Trinajstić information content (AvgIpc) is 2.27. The van der Waals surface area contributed by atoms with Gasteiger partial charge in [0, 0.05) is 22.9 Å². The summed E-state index contributed by atoms with van der Waals surface area (Å²) in [6.07, 6.45) is 5.14. The lowest BCUT2D eigenvalue weighted by Gasteiger charge is -2.45. The molecule has 3 nitrogen and oxygen atoms in total. The smallest absolute Gasteiger partial charge is 0.248 e. The number of hydrogen-bond acceptors (Lipinski definition) is 2. The Kier molecular flexibility index (Phi) is 2.27. The van der Waals surface area contributed by atoms with Crippen LogP contribution < -0.4 is 11.3 Å². The van der Waals surface area contributed by atoms with Gasteiger partial charge in [0.1, 0.15) is 0 Å². The molecule has 18 heavy (non-hydrogen) atoms. The molecule has 0 saturated heterocycles. The quantitative estimate of drug-likeness (QED) is 0.740. The van der Waals surface area contributed by atoms with Crippen LogP contribution in [0.2, 0.25) is 0 Å². The Morgan fingerprint density at radius 2 is 2.33 bits per heavy atom. The van der Waals surface area contributed by atoms with Gasteiger partial charge in [0.25, 0.3) is 0 Å². The molecule has 0 fully saturated rings. The fraction of sp³-hybridized carbons (Fsp3) is 0.400. The first-order valence-electron chi connectivity index (χ1n) is 6.36. The maximum absolute atomic E-state index is 11.5. The lowest BCUT2D eigenvalue weighted by Crippen LogP contribution is -2.42. The van der Waals surface area contributed by atoms with Crippen LogP contribution in [0.15, 0.2) is 40.9 Å². The third kappa shape index (κ3) is 1.47. The maximum atomic E-state index is 11.5. The monoisotopic (exact) mass is 242 g/mol. The third-order valence-electron chi connectivity index (χ3n) is 4.31. The van der Waals surface area contributed by atoms with Crippen molar-refractivity contribution in [2.45, 2.75) is 31.6 Å². The summed E-state index contributed by atoms with van der Waals surface area (Å²) < 4.78 is 0. The Balaban J connectivity index is 2.25. The van der Waals surface area contributed by atoms with E-state index in [-0.39, 0.29) is 11.0 Å². The zero-order valence-corrected chi connectivity index (χ0v) is 10.6. The largest absolute Gasteiger partial charge is 0.402 e. The molecule has 0 amide bonds. The zero-order chi connectivity index (χ0) is 12.9. The molecule has 94 valence electrons. The Morgan fingerprint density at radius 3 is 3.06 bits per heavy atom. The number of aromatic amines is 1. The predicted molar refractivity (Wildman–Crippen MR) is 72.3 cm³/mol. The highest BCUT2D eigenvalue weighted by Gasteiger charge is 2.44. The van der Waals surface area contributed by atoms with E-state index in [0.29, 0.717) is 11.6 Å². The van der Waals surface area contributed by atoms with Gasteiger partial charge in [-0.15, -0.1) is 0 Å². The minimum Gasteiger partial charge on any atom is -0.402 e. The van der Waals surface area contributed by atoms with Gasteiger partial charge >= 0.3 is 0 Å². The van der Waals surface area contributed by atoms with Crippen LogP contribution in [-0.4, -0.2) is 4.98 Å². The number of hydrogen-bond donors (Lipinski definition) is 2. The normalized spacial score (nSPS) is 29.4. The van der Waals surface area contributed by atoms with Crippen LogP contribution in [0.25, 0.3) is 0 Å². The van der Waals surface area contributed by atoms with E-state index >= 15 is 0 Å². The molecule has 2 aliphatic rings. The Bertz CT molecular complexity index is 611. The molecule has 0 saturated carbocycles. The van der Waals surface area contributed by atoms with E-state index < -0.39 is 0 Å². The highest BCUT2D eigenvalue weighted by atomic mass is 16.1. The van der Waals surface area contributed by atoms with Gasteiger partial charge in [-0.3, -0.25) is 4.79 Å². The molecule has 0 aromatic carbocycles. The molecule has 2 aliphatic carbocycles. The molecule has 3 N–H and O–H groups in total. The van der Waals surface area contributed by atoms with Crippen molar-refractivity contribution in [3.8, 4) is 0 Å². The topological polar surface area (TPSA) is 58.9 Å². The molecule has 0 unspecified atom stereocenters. The fourth-order valence-electron chi connectivity index (χ4n) is 3.66. The number of fused-ring (bicyclic) bond motifs is 4. The van der Waals surface area contributed by atoms with E-state index in [1.54, 1.807) is 6.07 Å². The van der Waals surface area contributed by atoms with Gasteiger partial charge in [0.15, 0.2) is 0 Å². The molecule has 0 radical (unpaired) electrons. The van der Waals surface area contributed by atoms with Gasteiger partial charge < -0.3 is 10.7 Å². The average molecular weight is 242 g/mol. The van der Waals surface area contributed by atoms with Crippen molar-refractivity contribution < 1.29 is 0 Å². The van der Waals surface area contributed by atoms with Crippen LogP contribution in [0, 0.1) is 5.92 Å². The molecule has 3 rings (SSSR count). The lowest BCUT2D eigenvalue weighted by molar-refractivity contribution is 0.333. The molecule has 0 spiro atoms.